The van der Waals surface area contributed by atoms with Crippen LogP contribution in [0.15, 0.2) is 22.5 Å². The number of carbonyl (C=O) groups excluding carboxylic acids is 1. The Bertz CT molecular complexity index is 432. The van der Waals surface area contributed by atoms with E-state index < -0.39 is 16.1 Å². The van der Waals surface area contributed by atoms with Gasteiger partial charge in [-0.25, -0.2) is 0 Å². The summed E-state index contributed by atoms with van der Waals surface area (Å²) >= 11 is 0. The third-order valence-corrected chi connectivity index (χ3v) is 8.50. The van der Waals surface area contributed by atoms with Crippen LogP contribution in [0.25, 0.3) is 0 Å². The van der Waals surface area contributed by atoms with Gasteiger partial charge in [0.2, 0.25) is 0 Å². The van der Waals surface area contributed by atoms with Crippen LogP contribution in [0.4, 0.5) is 0 Å². The molecule has 0 aliphatic heterocycles. The first-order valence-electron chi connectivity index (χ1n) is 7.08. The molecule has 0 saturated heterocycles. The van der Waals surface area contributed by atoms with Crippen molar-refractivity contribution in [1.29, 1.82) is 0 Å². The van der Waals surface area contributed by atoms with Crippen LogP contribution in [-0.2, 0) is 4.79 Å². The normalized spacial score (nSPS) is 28.9. The molecule has 2 atom stereocenters. The smallest absolute Gasteiger partial charge is 0.140 e. The number of rotatable bonds is 2. The Balaban J connectivity index is 2.49. The summed E-state index contributed by atoms with van der Waals surface area (Å²) < 4.78 is 0. The molecular formula is C15H26OSi2. The summed E-state index contributed by atoms with van der Waals surface area (Å²) in [4.78, 5) is 12.2. The second-order valence-electron chi connectivity index (χ2n) is 7.87. The van der Waals surface area contributed by atoms with Gasteiger partial charge in [0.25, 0.3) is 0 Å². The highest BCUT2D eigenvalue weighted by atomic mass is 28.3. The molecule has 0 radical (unpaired) electrons. The van der Waals surface area contributed by atoms with Gasteiger partial charge in [0.1, 0.15) is 5.78 Å². The molecule has 0 aromatic carbocycles. The summed E-state index contributed by atoms with van der Waals surface area (Å²) in [5, 5.41) is 3.10. The lowest BCUT2D eigenvalue weighted by Gasteiger charge is -2.35. The van der Waals surface area contributed by atoms with Gasteiger partial charge in [-0.1, -0.05) is 61.8 Å². The number of hydrogen-bond donors (Lipinski definition) is 0. The molecule has 0 spiro atoms. The van der Waals surface area contributed by atoms with E-state index >= 15 is 0 Å². The van der Waals surface area contributed by atoms with Crippen LogP contribution in [-0.4, -0.2) is 21.9 Å². The Morgan fingerprint density at radius 2 is 1.67 bits per heavy atom. The Morgan fingerprint density at radius 1 is 1.06 bits per heavy atom. The first kappa shape index (κ1) is 14.0. The Morgan fingerprint density at radius 3 is 2.17 bits per heavy atom. The minimum atomic E-state index is -1.38. The Kier molecular flexibility index (Phi) is 3.35. The van der Waals surface area contributed by atoms with Crippen LogP contribution in [0.3, 0.4) is 0 Å². The molecule has 0 amide bonds. The molecule has 2 aliphatic carbocycles. The summed E-state index contributed by atoms with van der Waals surface area (Å²) in [6.07, 6.45) is 6.76. The highest BCUT2D eigenvalue weighted by Crippen LogP contribution is 2.44. The number of carbonyl (C=O) groups is 1. The van der Waals surface area contributed by atoms with E-state index in [1.165, 1.54) is 5.20 Å². The molecule has 1 saturated carbocycles. The van der Waals surface area contributed by atoms with E-state index in [9.17, 15) is 4.79 Å². The number of hydrogen-bond acceptors (Lipinski definition) is 1. The molecular weight excluding hydrogens is 252 g/mol. The lowest BCUT2D eigenvalue weighted by Crippen LogP contribution is -2.37. The van der Waals surface area contributed by atoms with E-state index in [4.69, 9.17) is 0 Å². The van der Waals surface area contributed by atoms with Crippen LogP contribution in [0.1, 0.15) is 12.8 Å². The molecule has 2 aliphatic rings. The number of allylic oxidation sites excluding steroid dienone is 4. The van der Waals surface area contributed by atoms with Crippen molar-refractivity contribution in [3.63, 3.8) is 0 Å². The van der Waals surface area contributed by atoms with E-state index in [1.54, 1.807) is 5.20 Å². The Hall–Kier alpha value is -0.416. The largest absolute Gasteiger partial charge is 0.299 e. The van der Waals surface area contributed by atoms with E-state index in [0.29, 0.717) is 11.7 Å². The molecule has 2 unspecified atom stereocenters. The SMILES string of the molecule is C[Si](C)(C)C1=CC2CCC(=O)C2C([Si](C)(C)C)=C1. The summed E-state index contributed by atoms with van der Waals surface area (Å²) in [7, 11) is -2.65. The summed E-state index contributed by atoms with van der Waals surface area (Å²) in [5.41, 5.74) is 0. The zero-order valence-corrected chi connectivity index (χ0v) is 14.6. The van der Waals surface area contributed by atoms with Crippen LogP contribution in [0.2, 0.25) is 39.3 Å². The maximum Gasteiger partial charge on any atom is 0.140 e. The second kappa shape index (κ2) is 4.31. The fourth-order valence-corrected chi connectivity index (χ4v) is 6.48. The summed E-state index contributed by atoms with van der Waals surface area (Å²) in [5.74, 6) is 1.27. The third kappa shape index (κ3) is 2.48. The monoisotopic (exact) mass is 278 g/mol. The highest BCUT2D eigenvalue weighted by molar-refractivity contribution is 6.86. The lowest BCUT2D eigenvalue weighted by molar-refractivity contribution is -0.119. The van der Waals surface area contributed by atoms with Crippen molar-refractivity contribution in [1.82, 2.24) is 0 Å². The van der Waals surface area contributed by atoms with Crippen molar-refractivity contribution >= 4 is 21.9 Å². The van der Waals surface area contributed by atoms with Crippen molar-refractivity contribution in [2.24, 2.45) is 11.8 Å². The fourth-order valence-electron chi connectivity index (χ4n) is 3.14. The van der Waals surface area contributed by atoms with Gasteiger partial charge in [-0.15, -0.1) is 0 Å². The van der Waals surface area contributed by atoms with Crippen molar-refractivity contribution in [3.05, 3.63) is 22.5 Å². The molecule has 0 N–H and O–H groups in total. The van der Waals surface area contributed by atoms with Crippen molar-refractivity contribution in [3.8, 4) is 0 Å². The zero-order valence-electron chi connectivity index (χ0n) is 12.6. The topological polar surface area (TPSA) is 17.1 Å². The van der Waals surface area contributed by atoms with E-state index in [1.807, 2.05) is 0 Å². The summed E-state index contributed by atoms with van der Waals surface area (Å²) in [6.45, 7) is 14.4. The number of Topliss-reactive ketones (excluding diaryl/α,β-unsaturated/α-hetero) is 1. The van der Waals surface area contributed by atoms with E-state index in [0.717, 1.165) is 12.8 Å². The summed E-state index contributed by atoms with van der Waals surface area (Å²) in [6, 6.07) is 0. The van der Waals surface area contributed by atoms with Crippen LogP contribution < -0.4 is 0 Å². The third-order valence-electron chi connectivity index (χ3n) is 4.27. The molecule has 0 heterocycles. The minimum Gasteiger partial charge on any atom is -0.299 e. The maximum atomic E-state index is 12.2. The molecule has 3 heteroatoms. The van der Waals surface area contributed by atoms with Crippen LogP contribution >= 0.6 is 0 Å². The second-order valence-corrected chi connectivity index (χ2v) is 18.0. The molecule has 2 rings (SSSR count). The maximum absolute atomic E-state index is 12.2. The quantitative estimate of drug-likeness (QED) is 0.692. The number of ketones is 1. The van der Waals surface area contributed by atoms with Gasteiger partial charge in [0.15, 0.2) is 0 Å². The molecule has 1 nitrogen and oxygen atoms in total. The van der Waals surface area contributed by atoms with Crippen molar-refractivity contribution < 1.29 is 4.79 Å². The average molecular weight is 279 g/mol. The molecule has 0 bridgehead atoms. The lowest BCUT2D eigenvalue weighted by atomic mass is 9.91. The van der Waals surface area contributed by atoms with Crippen molar-refractivity contribution in [2.45, 2.75) is 52.1 Å². The zero-order chi connectivity index (χ0) is 13.7. The van der Waals surface area contributed by atoms with Gasteiger partial charge in [0, 0.05) is 12.3 Å². The predicted molar refractivity (Wildman–Crippen MR) is 84.1 cm³/mol. The first-order valence-corrected chi connectivity index (χ1v) is 14.1. The van der Waals surface area contributed by atoms with Gasteiger partial charge in [-0.05, 0) is 12.3 Å². The fraction of sp³-hybridized carbons (Fsp3) is 0.667. The molecule has 1 fully saturated rings. The molecule has 100 valence electrons. The molecule has 0 aromatic heterocycles. The standard InChI is InChI=1S/C15H26OSi2/c1-17(2,3)12-9-11-7-8-13(16)15(11)14(10-12)18(4,5)6/h9-11,15H,7-8H2,1-6H3. The number of fused-ring (bicyclic) bond motifs is 1. The minimum absolute atomic E-state index is 0.247. The van der Waals surface area contributed by atoms with Crippen LogP contribution in [0, 0.1) is 11.8 Å². The van der Waals surface area contributed by atoms with Crippen LogP contribution in [0.5, 0.6) is 0 Å². The highest BCUT2D eigenvalue weighted by Gasteiger charge is 2.43. The average Bonchev–Trinajstić information content (AvgIpc) is 2.56. The predicted octanol–water partition coefficient (Wildman–Crippen LogP) is 4.20. The first-order chi connectivity index (χ1) is 8.10. The Labute approximate surface area is 113 Å². The van der Waals surface area contributed by atoms with Gasteiger partial charge in [-0.3, -0.25) is 4.79 Å². The van der Waals surface area contributed by atoms with Gasteiger partial charge in [-0.2, -0.15) is 0 Å². The van der Waals surface area contributed by atoms with Gasteiger partial charge >= 0.3 is 0 Å². The molecule has 18 heavy (non-hydrogen) atoms. The van der Waals surface area contributed by atoms with Crippen molar-refractivity contribution in [2.75, 3.05) is 0 Å². The molecule has 0 aromatic rings. The van der Waals surface area contributed by atoms with Gasteiger partial charge < -0.3 is 0 Å². The van der Waals surface area contributed by atoms with Gasteiger partial charge in [0.05, 0.1) is 16.1 Å². The van der Waals surface area contributed by atoms with E-state index in [-0.39, 0.29) is 5.92 Å². The van der Waals surface area contributed by atoms with E-state index in [2.05, 4.69) is 51.4 Å².